The fraction of sp³-hybridized carbons (Fsp3) is 0.200. The molecule has 0 unspecified atom stereocenters. The van der Waals surface area contributed by atoms with E-state index in [1.807, 2.05) is 56.3 Å². The predicted molar refractivity (Wildman–Crippen MR) is 101 cm³/mol. The van der Waals surface area contributed by atoms with Crippen LogP contribution in [-0.4, -0.2) is 23.5 Å². The monoisotopic (exact) mass is 354 g/mol. The fourth-order valence-electron chi connectivity index (χ4n) is 2.76. The number of rotatable bonds is 5. The lowest BCUT2D eigenvalue weighted by atomic mass is 10.2. The van der Waals surface area contributed by atoms with Crippen LogP contribution in [0.5, 0.6) is 5.75 Å². The summed E-state index contributed by atoms with van der Waals surface area (Å²) in [6.07, 6.45) is 1.68. The average molecular weight is 355 g/mol. The topological polar surface area (TPSA) is 42.4 Å². The molecule has 5 heteroatoms. The SMILES string of the molecule is CC(C)N(C(=O)COc1ccc(Cl)c2cccnc12)c1ccccc1. The normalized spacial score (nSPS) is 10.9. The summed E-state index contributed by atoms with van der Waals surface area (Å²) >= 11 is 6.19. The minimum absolute atomic E-state index is 0.0265. The third-order valence-electron chi connectivity index (χ3n) is 3.85. The van der Waals surface area contributed by atoms with Crippen molar-refractivity contribution < 1.29 is 9.53 Å². The van der Waals surface area contributed by atoms with Gasteiger partial charge in [-0.2, -0.15) is 0 Å². The lowest BCUT2D eigenvalue weighted by molar-refractivity contribution is -0.120. The second kappa shape index (κ2) is 7.53. The first-order valence-electron chi connectivity index (χ1n) is 8.11. The molecule has 0 radical (unpaired) electrons. The van der Waals surface area contributed by atoms with Crippen molar-refractivity contribution in [2.45, 2.75) is 19.9 Å². The highest BCUT2D eigenvalue weighted by Crippen LogP contribution is 2.29. The van der Waals surface area contributed by atoms with Crippen molar-refractivity contribution in [3.8, 4) is 5.75 Å². The van der Waals surface area contributed by atoms with Gasteiger partial charge in [0, 0.05) is 23.3 Å². The number of pyridine rings is 1. The van der Waals surface area contributed by atoms with Crippen LogP contribution in [0.1, 0.15) is 13.8 Å². The number of ether oxygens (including phenoxy) is 1. The number of para-hydroxylation sites is 1. The zero-order valence-corrected chi connectivity index (χ0v) is 14.9. The average Bonchev–Trinajstić information content (AvgIpc) is 2.62. The van der Waals surface area contributed by atoms with Gasteiger partial charge in [-0.05, 0) is 50.2 Å². The molecule has 1 aromatic heterocycles. The molecule has 128 valence electrons. The summed E-state index contributed by atoms with van der Waals surface area (Å²) in [5.41, 5.74) is 1.50. The maximum atomic E-state index is 12.7. The van der Waals surface area contributed by atoms with Crippen molar-refractivity contribution in [3.63, 3.8) is 0 Å². The molecule has 0 N–H and O–H groups in total. The van der Waals surface area contributed by atoms with E-state index in [1.165, 1.54) is 0 Å². The molecule has 3 aromatic rings. The van der Waals surface area contributed by atoms with Gasteiger partial charge in [-0.3, -0.25) is 9.78 Å². The standard InChI is InChI=1S/C20H19ClN2O2/c1-14(2)23(15-7-4-3-5-8-15)19(24)13-25-18-11-10-17(21)16-9-6-12-22-20(16)18/h3-12,14H,13H2,1-2H3. The van der Waals surface area contributed by atoms with Crippen molar-refractivity contribution >= 4 is 34.1 Å². The molecule has 0 spiro atoms. The number of fused-ring (bicyclic) bond motifs is 1. The van der Waals surface area contributed by atoms with Gasteiger partial charge in [-0.25, -0.2) is 0 Å². The van der Waals surface area contributed by atoms with E-state index in [4.69, 9.17) is 16.3 Å². The number of hydrogen-bond acceptors (Lipinski definition) is 3. The number of aromatic nitrogens is 1. The lowest BCUT2D eigenvalue weighted by Gasteiger charge is -2.27. The van der Waals surface area contributed by atoms with Crippen LogP contribution in [0.25, 0.3) is 10.9 Å². The van der Waals surface area contributed by atoms with Gasteiger partial charge in [-0.1, -0.05) is 29.8 Å². The second-order valence-electron chi connectivity index (χ2n) is 5.93. The molecule has 0 aliphatic carbocycles. The molecule has 0 bridgehead atoms. The Morgan fingerprint density at radius 2 is 1.88 bits per heavy atom. The molecule has 3 rings (SSSR count). The Morgan fingerprint density at radius 3 is 2.60 bits per heavy atom. The summed E-state index contributed by atoms with van der Waals surface area (Å²) in [7, 11) is 0. The number of hydrogen-bond donors (Lipinski definition) is 0. The van der Waals surface area contributed by atoms with E-state index in [1.54, 1.807) is 23.2 Å². The predicted octanol–water partition coefficient (Wildman–Crippen LogP) is 4.71. The molecule has 0 aliphatic heterocycles. The largest absolute Gasteiger partial charge is 0.481 e. The lowest BCUT2D eigenvalue weighted by Crippen LogP contribution is -2.40. The Bertz CT molecular complexity index is 881. The first-order chi connectivity index (χ1) is 12.1. The zero-order chi connectivity index (χ0) is 17.8. The highest BCUT2D eigenvalue weighted by molar-refractivity contribution is 6.35. The fourth-order valence-corrected chi connectivity index (χ4v) is 2.97. The minimum atomic E-state index is -0.111. The van der Waals surface area contributed by atoms with E-state index in [0.29, 0.717) is 16.3 Å². The molecular formula is C20H19ClN2O2. The first kappa shape index (κ1) is 17.2. The Hall–Kier alpha value is -2.59. The summed E-state index contributed by atoms with van der Waals surface area (Å²) < 4.78 is 5.78. The molecule has 4 nitrogen and oxygen atoms in total. The number of carbonyl (C=O) groups is 1. The molecule has 1 heterocycles. The highest BCUT2D eigenvalue weighted by atomic mass is 35.5. The van der Waals surface area contributed by atoms with Gasteiger partial charge in [0.2, 0.25) is 0 Å². The molecule has 25 heavy (non-hydrogen) atoms. The highest BCUT2D eigenvalue weighted by Gasteiger charge is 2.20. The molecule has 0 aliphatic rings. The van der Waals surface area contributed by atoms with Crippen LogP contribution in [0, 0.1) is 0 Å². The third kappa shape index (κ3) is 3.74. The van der Waals surface area contributed by atoms with E-state index >= 15 is 0 Å². The molecule has 2 aromatic carbocycles. The summed E-state index contributed by atoms with van der Waals surface area (Å²) in [5.74, 6) is 0.436. The second-order valence-corrected chi connectivity index (χ2v) is 6.33. The Labute approximate surface area is 152 Å². The number of carbonyl (C=O) groups excluding carboxylic acids is 1. The smallest absolute Gasteiger partial charge is 0.265 e. The maximum Gasteiger partial charge on any atom is 0.265 e. The van der Waals surface area contributed by atoms with Crippen molar-refractivity contribution in [3.05, 3.63) is 65.8 Å². The van der Waals surface area contributed by atoms with E-state index in [0.717, 1.165) is 11.1 Å². The van der Waals surface area contributed by atoms with Gasteiger partial charge >= 0.3 is 0 Å². The molecule has 0 saturated carbocycles. The summed E-state index contributed by atoms with van der Waals surface area (Å²) in [5, 5.41) is 1.41. The van der Waals surface area contributed by atoms with E-state index in [2.05, 4.69) is 4.98 Å². The van der Waals surface area contributed by atoms with Gasteiger partial charge in [0.1, 0.15) is 11.3 Å². The van der Waals surface area contributed by atoms with Crippen LogP contribution in [0.3, 0.4) is 0 Å². The zero-order valence-electron chi connectivity index (χ0n) is 14.1. The number of nitrogens with zero attached hydrogens (tertiary/aromatic N) is 2. The minimum Gasteiger partial charge on any atom is -0.481 e. The van der Waals surface area contributed by atoms with E-state index in [-0.39, 0.29) is 18.6 Å². The summed E-state index contributed by atoms with van der Waals surface area (Å²) in [4.78, 5) is 18.8. The van der Waals surface area contributed by atoms with E-state index in [9.17, 15) is 4.79 Å². The van der Waals surface area contributed by atoms with Crippen LogP contribution >= 0.6 is 11.6 Å². The summed E-state index contributed by atoms with van der Waals surface area (Å²) in [6, 6.07) is 16.8. The van der Waals surface area contributed by atoms with Gasteiger partial charge in [-0.15, -0.1) is 0 Å². The molecule has 0 saturated heterocycles. The Morgan fingerprint density at radius 1 is 1.12 bits per heavy atom. The van der Waals surface area contributed by atoms with E-state index < -0.39 is 0 Å². The third-order valence-corrected chi connectivity index (χ3v) is 4.18. The van der Waals surface area contributed by atoms with Gasteiger partial charge < -0.3 is 9.64 Å². The number of anilines is 1. The van der Waals surface area contributed by atoms with Gasteiger partial charge in [0.05, 0.1) is 5.02 Å². The first-order valence-corrected chi connectivity index (χ1v) is 8.49. The summed E-state index contributed by atoms with van der Waals surface area (Å²) in [6.45, 7) is 3.88. The number of halogens is 1. The Kier molecular flexibility index (Phi) is 5.19. The van der Waals surface area contributed by atoms with Crippen LogP contribution in [-0.2, 0) is 4.79 Å². The van der Waals surface area contributed by atoms with Crippen LogP contribution < -0.4 is 9.64 Å². The van der Waals surface area contributed by atoms with Crippen LogP contribution in [0.4, 0.5) is 5.69 Å². The van der Waals surface area contributed by atoms with Crippen molar-refractivity contribution in [2.24, 2.45) is 0 Å². The molecular weight excluding hydrogens is 336 g/mol. The Balaban J connectivity index is 1.81. The van der Waals surface area contributed by atoms with Crippen molar-refractivity contribution in [2.75, 3.05) is 11.5 Å². The van der Waals surface area contributed by atoms with Crippen LogP contribution in [0.2, 0.25) is 5.02 Å². The molecule has 0 fully saturated rings. The number of amides is 1. The van der Waals surface area contributed by atoms with Gasteiger partial charge in [0.15, 0.2) is 6.61 Å². The maximum absolute atomic E-state index is 12.7. The quantitative estimate of drug-likeness (QED) is 0.666. The van der Waals surface area contributed by atoms with Gasteiger partial charge in [0.25, 0.3) is 5.91 Å². The van der Waals surface area contributed by atoms with Crippen molar-refractivity contribution in [1.29, 1.82) is 0 Å². The molecule has 0 atom stereocenters. The van der Waals surface area contributed by atoms with Crippen LogP contribution in [0.15, 0.2) is 60.8 Å². The number of benzene rings is 2. The molecule has 1 amide bonds. The van der Waals surface area contributed by atoms with Crippen molar-refractivity contribution in [1.82, 2.24) is 4.98 Å².